The molecule has 0 unspecified atom stereocenters. The Bertz CT molecular complexity index is 497. The third-order valence-electron chi connectivity index (χ3n) is 4.54. The lowest BCUT2D eigenvalue weighted by molar-refractivity contribution is -0.0598. The smallest absolute Gasteiger partial charge is 0.162 e. The van der Waals surface area contributed by atoms with Crippen LogP contribution in [0.3, 0.4) is 0 Å². The Balaban J connectivity index is 2.49. The Labute approximate surface area is 141 Å². The standard InChI is InChI=1S/C16H26IN3O/c1-10(2)13-12(17)14(18-4)20-15(19-13)16(21-5)8-6-11(3)7-9-16/h10-11H,6-9H2,1-5H3,(H,18,19,20). The predicted molar refractivity (Wildman–Crippen MR) is 94.7 cm³/mol. The minimum atomic E-state index is -0.313. The Morgan fingerprint density at radius 2 is 1.90 bits per heavy atom. The van der Waals surface area contributed by atoms with Crippen LogP contribution in [0.25, 0.3) is 0 Å². The van der Waals surface area contributed by atoms with Crippen LogP contribution in [0.2, 0.25) is 0 Å². The van der Waals surface area contributed by atoms with Gasteiger partial charge in [0.15, 0.2) is 5.82 Å². The Hall–Kier alpha value is -0.430. The zero-order valence-corrected chi connectivity index (χ0v) is 15.8. The number of aromatic nitrogens is 2. The lowest BCUT2D eigenvalue weighted by atomic mass is 9.79. The zero-order valence-electron chi connectivity index (χ0n) is 13.7. The molecule has 118 valence electrons. The van der Waals surface area contributed by atoms with E-state index in [-0.39, 0.29) is 5.60 Å². The molecule has 0 amide bonds. The molecule has 0 atom stereocenters. The van der Waals surface area contributed by atoms with Crippen molar-refractivity contribution in [1.29, 1.82) is 0 Å². The van der Waals surface area contributed by atoms with E-state index in [0.717, 1.165) is 39.7 Å². The number of hydrogen-bond acceptors (Lipinski definition) is 4. The van der Waals surface area contributed by atoms with Crippen molar-refractivity contribution in [2.24, 2.45) is 5.92 Å². The van der Waals surface area contributed by atoms with Gasteiger partial charge in [-0.2, -0.15) is 0 Å². The lowest BCUT2D eigenvalue weighted by Gasteiger charge is -2.37. The summed E-state index contributed by atoms with van der Waals surface area (Å²) in [6.07, 6.45) is 4.36. The first-order valence-electron chi connectivity index (χ1n) is 7.74. The normalized spacial score (nSPS) is 26.1. The van der Waals surface area contributed by atoms with Gasteiger partial charge in [0.1, 0.15) is 11.4 Å². The number of nitrogens with zero attached hydrogens (tertiary/aromatic N) is 2. The number of methoxy groups -OCH3 is 1. The minimum Gasteiger partial charge on any atom is -0.372 e. The highest BCUT2D eigenvalue weighted by molar-refractivity contribution is 14.1. The molecule has 0 aliphatic heterocycles. The molecule has 1 aliphatic rings. The second-order valence-corrected chi connectivity index (χ2v) is 7.46. The summed E-state index contributed by atoms with van der Waals surface area (Å²) in [7, 11) is 3.71. The van der Waals surface area contributed by atoms with Gasteiger partial charge < -0.3 is 10.1 Å². The third-order valence-corrected chi connectivity index (χ3v) is 5.60. The van der Waals surface area contributed by atoms with Gasteiger partial charge in [0.2, 0.25) is 0 Å². The quantitative estimate of drug-likeness (QED) is 0.762. The summed E-state index contributed by atoms with van der Waals surface area (Å²) in [6, 6.07) is 0. The molecule has 1 saturated carbocycles. The first-order chi connectivity index (χ1) is 9.93. The van der Waals surface area contributed by atoms with Crippen molar-refractivity contribution >= 4 is 28.4 Å². The van der Waals surface area contributed by atoms with Crippen LogP contribution in [0.15, 0.2) is 0 Å². The van der Waals surface area contributed by atoms with Crippen molar-refractivity contribution in [3.8, 4) is 0 Å². The fraction of sp³-hybridized carbons (Fsp3) is 0.750. The van der Waals surface area contributed by atoms with E-state index in [1.54, 1.807) is 7.11 Å². The van der Waals surface area contributed by atoms with E-state index >= 15 is 0 Å². The van der Waals surface area contributed by atoms with E-state index < -0.39 is 0 Å². The topological polar surface area (TPSA) is 47.0 Å². The van der Waals surface area contributed by atoms with Crippen LogP contribution in [-0.4, -0.2) is 24.1 Å². The summed E-state index contributed by atoms with van der Waals surface area (Å²) < 4.78 is 7.05. The molecule has 1 heterocycles. The number of anilines is 1. The van der Waals surface area contributed by atoms with Crippen LogP contribution in [0, 0.1) is 9.49 Å². The van der Waals surface area contributed by atoms with Crippen molar-refractivity contribution in [3.05, 3.63) is 15.1 Å². The van der Waals surface area contributed by atoms with Crippen LogP contribution < -0.4 is 5.32 Å². The number of nitrogens with one attached hydrogen (secondary N) is 1. The van der Waals surface area contributed by atoms with Gasteiger partial charge in [0, 0.05) is 14.2 Å². The molecular weight excluding hydrogens is 377 g/mol. The molecule has 1 N–H and O–H groups in total. The van der Waals surface area contributed by atoms with Crippen molar-refractivity contribution in [2.75, 3.05) is 19.5 Å². The van der Waals surface area contributed by atoms with Gasteiger partial charge >= 0.3 is 0 Å². The van der Waals surface area contributed by atoms with E-state index in [0.29, 0.717) is 5.92 Å². The maximum atomic E-state index is 5.93. The van der Waals surface area contributed by atoms with Crippen molar-refractivity contribution < 1.29 is 4.74 Å². The molecule has 0 spiro atoms. The Morgan fingerprint density at radius 1 is 1.29 bits per heavy atom. The molecule has 1 fully saturated rings. The summed E-state index contributed by atoms with van der Waals surface area (Å²) in [5, 5.41) is 3.21. The average Bonchev–Trinajstić information content (AvgIpc) is 2.48. The average molecular weight is 403 g/mol. The van der Waals surface area contributed by atoms with Crippen LogP contribution in [0.1, 0.15) is 63.9 Å². The molecule has 5 heteroatoms. The second-order valence-electron chi connectivity index (χ2n) is 6.38. The van der Waals surface area contributed by atoms with Crippen LogP contribution in [0.5, 0.6) is 0 Å². The summed E-state index contributed by atoms with van der Waals surface area (Å²) in [5.74, 6) is 2.91. The molecule has 0 radical (unpaired) electrons. The predicted octanol–water partition coefficient (Wildman–Crippen LogP) is 4.30. The number of hydrogen-bond donors (Lipinski definition) is 1. The summed E-state index contributed by atoms with van der Waals surface area (Å²) in [4.78, 5) is 9.66. The highest BCUT2D eigenvalue weighted by Gasteiger charge is 2.39. The van der Waals surface area contributed by atoms with Crippen molar-refractivity contribution in [2.45, 2.75) is 58.0 Å². The second kappa shape index (κ2) is 6.77. The monoisotopic (exact) mass is 403 g/mol. The highest BCUT2D eigenvalue weighted by Crippen LogP contribution is 2.41. The van der Waals surface area contributed by atoms with Gasteiger partial charge in [0.05, 0.1) is 9.26 Å². The highest BCUT2D eigenvalue weighted by atomic mass is 127. The first kappa shape index (κ1) is 16.9. The summed E-state index contributed by atoms with van der Waals surface area (Å²) in [5.41, 5.74) is 0.798. The third kappa shape index (κ3) is 3.33. The van der Waals surface area contributed by atoms with Gasteiger partial charge in [-0.05, 0) is 60.1 Å². The van der Waals surface area contributed by atoms with E-state index in [1.165, 1.54) is 12.8 Å². The van der Waals surface area contributed by atoms with Crippen LogP contribution >= 0.6 is 22.6 Å². The van der Waals surface area contributed by atoms with Gasteiger partial charge in [-0.1, -0.05) is 20.8 Å². The zero-order chi connectivity index (χ0) is 15.6. The molecule has 4 nitrogen and oxygen atoms in total. The molecule has 1 aromatic heterocycles. The molecule has 21 heavy (non-hydrogen) atoms. The van der Waals surface area contributed by atoms with E-state index in [1.807, 2.05) is 7.05 Å². The molecule has 0 saturated heterocycles. The molecular formula is C16H26IN3O. The number of ether oxygens (including phenoxy) is 1. The molecule has 1 aliphatic carbocycles. The van der Waals surface area contributed by atoms with Gasteiger partial charge in [-0.3, -0.25) is 0 Å². The van der Waals surface area contributed by atoms with E-state index in [9.17, 15) is 0 Å². The molecule has 0 aromatic carbocycles. The minimum absolute atomic E-state index is 0.313. The van der Waals surface area contributed by atoms with Gasteiger partial charge in [-0.15, -0.1) is 0 Å². The summed E-state index contributed by atoms with van der Waals surface area (Å²) >= 11 is 2.34. The van der Waals surface area contributed by atoms with Gasteiger partial charge in [0.25, 0.3) is 0 Å². The number of rotatable bonds is 4. The molecule has 0 bridgehead atoms. The fourth-order valence-corrected chi connectivity index (χ4v) is 4.10. The van der Waals surface area contributed by atoms with Crippen molar-refractivity contribution in [3.63, 3.8) is 0 Å². The fourth-order valence-electron chi connectivity index (χ4n) is 2.96. The first-order valence-corrected chi connectivity index (χ1v) is 8.82. The SMILES string of the molecule is CNc1nc(C2(OC)CCC(C)CC2)nc(C(C)C)c1I. The Morgan fingerprint density at radius 3 is 2.38 bits per heavy atom. The molecule has 1 aromatic rings. The van der Waals surface area contributed by atoms with E-state index in [4.69, 9.17) is 14.7 Å². The largest absolute Gasteiger partial charge is 0.372 e. The van der Waals surface area contributed by atoms with Crippen LogP contribution in [0.4, 0.5) is 5.82 Å². The van der Waals surface area contributed by atoms with Crippen molar-refractivity contribution in [1.82, 2.24) is 9.97 Å². The lowest BCUT2D eigenvalue weighted by Crippen LogP contribution is -2.36. The van der Waals surface area contributed by atoms with E-state index in [2.05, 4.69) is 48.7 Å². The maximum absolute atomic E-state index is 5.93. The number of halogens is 1. The summed E-state index contributed by atoms with van der Waals surface area (Å²) in [6.45, 7) is 6.67. The molecule has 2 rings (SSSR count). The van der Waals surface area contributed by atoms with Gasteiger partial charge in [-0.25, -0.2) is 9.97 Å². The van der Waals surface area contributed by atoms with Crippen LogP contribution in [-0.2, 0) is 10.3 Å². The Kier molecular flexibility index (Phi) is 5.46. The maximum Gasteiger partial charge on any atom is 0.162 e.